The van der Waals surface area contributed by atoms with Crippen molar-refractivity contribution in [2.75, 3.05) is 0 Å². The van der Waals surface area contributed by atoms with Gasteiger partial charge in [0.05, 0.1) is 5.60 Å². The van der Waals surface area contributed by atoms with Crippen molar-refractivity contribution >= 4 is 17.8 Å². The van der Waals surface area contributed by atoms with E-state index in [0.29, 0.717) is 0 Å². The highest BCUT2D eigenvalue weighted by Crippen LogP contribution is 2.55. The van der Waals surface area contributed by atoms with Gasteiger partial charge in [0, 0.05) is 16.3 Å². The lowest BCUT2D eigenvalue weighted by atomic mass is 9.88. The molecule has 2 aromatic carbocycles. The number of hydrogen-bond acceptors (Lipinski definition) is 2. The molecule has 3 rings (SSSR count). The Morgan fingerprint density at radius 2 is 1.38 bits per heavy atom. The molecule has 0 bridgehead atoms. The lowest BCUT2D eigenvalue weighted by Crippen LogP contribution is -2.44. The van der Waals surface area contributed by atoms with E-state index in [-0.39, 0.29) is 5.66 Å². The quantitative estimate of drug-likeness (QED) is 0.836. The summed E-state index contributed by atoms with van der Waals surface area (Å²) in [4.78, 5) is 0. The van der Waals surface area contributed by atoms with Crippen molar-refractivity contribution in [3.8, 4) is 0 Å². The third kappa shape index (κ3) is 3.36. The Morgan fingerprint density at radius 3 is 1.92 bits per heavy atom. The fourth-order valence-electron chi connectivity index (χ4n) is 4.03. The van der Waals surface area contributed by atoms with Crippen molar-refractivity contribution in [1.82, 2.24) is 0 Å². The van der Waals surface area contributed by atoms with E-state index in [1.54, 1.807) is 0 Å². The Labute approximate surface area is 145 Å². The summed E-state index contributed by atoms with van der Waals surface area (Å²) in [6.45, 7) is 1.89. The molecule has 1 fully saturated rings. The van der Waals surface area contributed by atoms with E-state index in [2.05, 4.69) is 0 Å². The molecule has 1 aliphatic rings. The predicted octanol–water partition coefficient (Wildman–Crippen LogP) is 4.47. The number of aliphatic hydroxyl groups is 1. The predicted molar refractivity (Wildman–Crippen MR) is 102 cm³/mol. The van der Waals surface area contributed by atoms with Crippen LogP contribution in [-0.2, 0) is 4.57 Å². The minimum atomic E-state index is -2.92. The summed E-state index contributed by atoms with van der Waals surface area (Å²) in [7, 11) is -2.92. The van der Waals surface area contributed by atoms with Crippen LogP contribution in [0.15, 0.2) is 60.7 Å². The molecule has 0 aliphatic heterocycles. The van der Waals surface area contributed by atoms with E-state index >= 15 is 0 Å². The number of benzene rings is 2. The molecular formula is C21H27O2P. The van der Waals surface area contributed by atoms with Crippen LogP contribution in [0.5, 0.6) is 0 Å². The Balaban J connectivity index is 2.15. The van der Waals surface area contributed by atoms with Gasteiger partial charge in [-0.3, -0.25) is 0 Å². The van der Waals surface area contributed by atoms with Gasteiger partial charge in [0.2, 0.25) is 0 Å². The van der Waals surface area contributed by atoms with Crippen LogP contribution in [0.1, 0.15) is 45.4 Å². The summed E-state index contributed by atoms with van der Waals surface area (Å²) in [6.07, 6.45) is 5.90. The van der Waals surface area contributed by atoms with Crippen molar-refractivity contribution in [1.29, 1.82) is 0 Å². The van der Waals surface area contributed by atoms with Gasteiger partial charge < -0.3 is 9.67 Å². The Bertz CT molecular complexity index is 651. The number of hydrogen-bond donors (Lipinski definition) is 1. The first-order valence-electron chi connectivity index (χ1n) is 8.98. The van der Waals surface area contributed by atoms with E-state index in [1.165, 1.54) is 0 Å². The first kappa shape index (κ1) is 17.5. The van der Waals surface area contributed by atoms with E-state index in [0.717, 1.165) is 49.1 Å². The molecule has 0 amide bonds. The second-order valence-corrected chi connectivity index (χ2v) is 10.1. The van der Waals surface area contributed by atoms with Crippen molar-refractivity contribution in [2.24, 2.45) is 0 Å². The van der Waals surface area contributed by atoms with Crippen LogP contribution in [0, 0.1) is 0 Å². The molecule has 3 heteroatoms. The van der Waals surface area contributed by atoms with Gasteiger partial charge in [-0.15, -0.1) is 0 Å². The van der Waals surface area contributed by atoms with E-state index in [9.17, 15) is 9.67 Å². The van der Waals surface area contributed by atoms with Gasteiger partial charge >= 0.3 is 0 Å². The highest BCUT2D eigenvalue weighted by atomic mass is 31.2. The van der Waals surface area contributed by atoms with Gasteiger partial charge in [-0.25, -0.2) is 0 Å². The van der Waals surface area contributed by atoms with Crippen LogP contribution >= 0.6 is 7.14 Å². The maximum absolute atomic E-state index is 14.5. The summed E-state index contributed by atoms with van der Waals surface area (Å²) < 4.78 is 14.5. The van der Waals surface area contributed by atoms with Gasteiger partial charge in [0.25, 0.3) is 0 Å². The average Bonchev–Trinajstić information content (AvgIpc) is 2.60. The number of rotatable bonds is 3. The van der Waals surface area contributed by atoms with Crippen LogP contribution in [-0.4, -0.2) is 16.4 Å². The molecule has 0 unspecified atom stereocenters. The lowest BCUT2D eigenvalue weighted by Gasteiger charge is -2.40. The normalized spacial score (nSPS) is 25.7. The SMILES string of the molecule is C[C@@]1(O)CCCCCC[C@H]1P(=O)(c1ccccc1)c1ccccc1. The maximum Gasteiger partial charge on any atom is 0.148 e. The molecule has 0 saturated heterocycles. The lowest BCUT2D eigenvalue weighted by molar-refractivity contribution is 0.0364. The van der Waals surface area contributed by atoms with Crippen molar-refractivity contribution < 1.29 is 9.67 Å². The third-order valence-corrected chi connectivity index (χ3v) is 9.17. The van der Waals surface area contributed by atoms with Crippen molar-refractivity contribution in [2.45, 2.75) is 56.7 Å². The van der Waals surface area contributed by atoms with Crippen LogP contribution in [0.3, 0.4) is 0 Å². The molecule has 2 atom stereocenters. The Morgan fingerprint density at radius 1 is 0.875 bits per heavy atom. The van der Waals surface area contributed by atoms with Gasteiger partial charge in [-0.1, -0.05) is 86.3 Å². The molecule has 0 radical (unpaired) electrons. The second kappa shape index (κ2) is 7.25. The van der Waals surface area contributed by atoms with Crippen molar-refractivity contribution in [3.63, 3.8) is 0 Å². The molecule has 24 heavy (non-hydrogen) atoms. The van der Waals surface area contributed by atoms with Crippen LogP contribution in [0.4, 0.5) is 0 Å². The smallest absolute Gasteiger partial charge is 0.148 e. The Kier molecular flexibility index (Phi) is 5.27. The molecule has 2 aromatic rings. The standard InChI is InChI=1S/C21H27O2P/c1-21(22)17-11-3-2-10-16-20(21)24(23,18-12-6-4-7-13-18)19-14-8-5-9-15-19/h4-9,12-15,20,22H,2-3,10-11,16-17H2,1H3/t20-,21-/m1/s1. The first-order valence-corrected chi connectivity index (χ1v) is 10.8. The van der Waals surface area contributed by atoms with Crippen LogP contribution in [0.2, 0.25) is 0 Å². The third-order valence-electron chi connectivity index (χ3n) is 5.35. The average molecular weight is 342 g/mol. The molecule has 2 nitrogen and oxygen atoms in total. The van der Waals surface area contributed by atoms with Gasteiger partial charge in [0.1, 0.15) is 7.14 Å². The molecule has 1 N–H and O–H groups in total. The maximum atomic E-state index is 14.5. The highest BCUT2D eigenvalue weighted by Gasteiger charge is 2.46. The van der Waals surface area contributed by atoms with E-state index < -0.39 is 12.7 Å². The second-order valence-electron chi connectivity index (χ2n) is 7.15. The summed E-state index contributed by atoms with van der Waals surface area (Å²) in [6, 6.07) is 19.5. The zero-order chi connectivity index (χ0) is 17.0. The van der Waals surface area contributed by atoms with E-state index in [1.807, 2.05) is 67.6 Å². The highest BCUT2D eigenvalue weighted by molar-refractivity contribution is 7.79. The molecule has 0 aromatic heterocycles. The van der Waals surface area contributed by atoms with Gasteiger partial charge in [-0.2, -0.15) is 0 Å². The Hall–Kier alpha value is -1.37. The van der Waals surface area contributed by atoms with Crippen molar-refractivity contribution in [3.05, 3.63) is 60.7 Å². The monoisotopic (exact) mass is 342 g/mol. The largest absolute Gasteiger partial charge is 0.389 e. The van der Waals surface area contributed by atoms with Crippen LogP contribution < -0.4 is 10.6 Å². The molecular weight excluding hydrogens is 315 g/mol. The minimum absolute atomic E-state index is 0.227. The molecule has 1 aliphatic carbocycles. The van der Waals surface area contributed by atoms with E-state index in [4.69, 9.17) is 0 Å². The summed E-state index contributed by atoms with van der Waals surface area (Å²) in [5.74, 6) is 0. The topological polar surface area (TPSA) is 37.3 Å². The van der Waals surface area contributed by atoms with Gasteiger partial charge in [0.15, 0.2) is 0 Å². The molecule has 0 heterocycles. The molecule has 1 saturated carbocycles. The fraction of sp³-hybridized carbons (Fsp3) is 0.429. The summed E-state index contributed by atoms with van der Waals surface area (Å²) in [5, 5.41) is 13.0. The first-order chi connectivity index (χ1) is 11.5. The summed E-state index contributed by atoms with van der Waals surface area (Å²) in [5.41, 5.74) is -1.13. The molecule has 128 valence electrons. The fourth-order valence-corrected chi connectivity index (χ4v) is 7.74. The zero-order valence-electron chi connectivity index (χ0n) is 14.4. The van der Waals surface area contributed by atoms with Crippen LogP contribution in [0.25, 0.3) is 0 Å². The zero-order valence-corrected chi connectivity index (χ0v) is 15.3. The summed E-state index contributed by atoms with van der Waals surface area (Å²) >= 11 is 0. The minimum Gasteiger partial charge on any atom is -0.389 e. The molecule has 0 spiro atoms. The van der Waals surface area contributed by atoms with Gasteiger partial charge in [-0.05, 0) is 19.8 Å².